The minimum atomic E-state index is -0.382. The van der Waals surface area contributed by atoms with Crippen LogP contribution in [0.2, 0.25) is 0 Å². The summed E-state index contributed by atoms with van der Waals surface area (Å²) in [6.45, 7) is 0.338. The molecule has 1 unspecified atom stereocenters. The highest BCUT2D eigenvalue weighted by molar-refractivity contribution is 5.44. The van der Waals surface area contributed by atoms with Crippen molar-refractivity contribution in [3.05, 3.63) is 65.0 Å². The molecule has 0 saturated heterocycles. The van der Waals surface area contributed by atoms with Crippen LogP contribution in [0.4, 0.5) is 4.39 Å². The molecule has 3 rings (SSSR count). The molecule has 98 valence electrons. The maximum absolute atomic E-state index is 13.1. The molecule has 1 aliphatic rings. The van der Waals surface area contributed by atoms with Crippen molar-refractivity contribution >= 4 is 0 Å². The zero-order valence-electron chi connectivity index (χ0n) is 10.5. The van der Waals surface area contributed by atoms with E-state index in [-0.39, 0.29) is 11.9 Å². The SMILES string of the molecule is OC1CCc2c(OCc3cccc(F)c3)cccc21. The molecular weight excluding hydrogens is 243 g/mol. The predicted octanol–water partition coefficient (Wildman–Crippen LogP) is 3.38. The molecule has 0 radical (unpaired) electrons. The normalized spacial score (nSPS) is 17.3. The number of hydrogen-bond donors (Lipinski definition) is 1. The molecule has 0 fully saturated rings. The molecule has 0 saturated carbocycles. The van der Waals surface area contributed by atoms with Crippen molar-refractivity contribution in [3.8, 4) is 5.75 Å². The van der Waals surface area contributed by atoms with E-state index >= 15 is 0 Å². The van der Waals surface area contributed by atoms with Gasteiger partial charge in [-0.1, -0.05) is 24.3 Å². The fourth-order valence-corrected chi connectivity index (χ4v) is 2.52. The van der Waals surface area contributed by atoms with E-state index < -0.39 is 0 Å². The van der Waals surface area contributed by atoms with E-state index in [1.165, 1.54) is 12.1 Å². The van der Waals surface area contributed by atoms with Crippen molar-refractivity contribution in [2.24, 2.45) is 0 Å². The summed E-state index contributed by atoms with van der Waals surface area (Å²) in [4.78, 5) is 0. The van der Waals surface area contributed by atoms with Crippen LogP contribution in [0, 0.1) is 5.82 Å². The summed E-state index contributed by atoms with van der Waals surface area (Å²) in [5.41, 5.74) is 2.83. The first-order valence-electron chi connectivity index (χ1n) is 6.41. The molecule has 2 nitrogen and oxygen atoms in total. The Labute approximate surface area is 111 Å². The first-order chi connectivity index (χ1) is 9.24. The largest absolute Gasteiger partial charge is 0.489 e. The van der Waals surface area contributed by atoms with Gasteiger partial charge in [0.25, 0.3) is 0 Å². The van der Waals surface area contributed by atoms with Gasteiger partial charge in [-0.3, -0.25) is 0 Å². The van der Waals surface area contributed by atoms with Crippen molar-refractivity contribution in [1.29, 1.82) is 0 Å². The third-order valence-corrected chi connectivity index (χ3v) is 3.48. The summed E-state index contributed by atoms with van der Waals surface area (Å²) in [6.07, 6.45) is 1.19. The second-order valence-corrected chi connectivity index (χ2v) is 4.80. The number of hydrogen-bond acceptors (Lipinski definition) is 2. The fraction of sp³-hybridized carbons (Fsp3) is 0.250. The molecule has 2 aromatic rings. The molecule has 1 N–H and O–H groups in total. The zero-order chi connectivity index (χ0) is 13.2. The summed E-state index contributed by atoms with van der Waals surface area (Å²) < 4.78 is 18.8. The molecule has 0 spiro atoms. The lowest BCUT2D eigenvalue weighted by Gasteiger charge is -2.11. The second kappa shape index (κ2) is 5.02. The van der Waals surface area contributed by atoms with Gasteiger partial charge in [-0.15, -0.1) is 0 Å². The van der Waals surface area contributed by atoms with Gasteiger partial charge >= 0.3 is 0 Å². The lowest BCUT2D eigenvalue weighted by atomic mass is 10.1. The van der Waals surface area contributed by atoms with Gasteiger partial charge in [-0.2, -0.15) is 0 Å². The Morgan fingerprint density at radius 3 is 2.89 bits per heavy atom. The quantitative estimate of drug-likeness (QED) is 0.914. The number of rotatable bonds is 3. The van der Waals surface area contributed by atoms with E-state index in [4.69, 9.17) is 4.74 Å². The Bertz CT molecular complexity index is 595. The lowest BCUT2D eigenvalue weighted by molar-refractivity contribution is 0.180. The standard InChI is InChI=1S/C16H15FO2/c17-12-4-1-3-11(9-12)10-19-16-6-2-5-13-14(16)7-8-15(13)18/h1-6,9,15,18H,7-8,10H2. The summed E-state index contributed by atoms with van der Waals surface area (Å²) in [5.74, 6) is 0.535. The Balaban J connectivity index is 1.78. The number of fused-ring (bicyclic) bond motifs is 1. The van der Waals surface area contributed by atoms with E-state index in [9.17, 15) is 9.50 Å². The minimum Gasteiger partial charge on any atom is -0.489 e. The highest BCUT2D eigenvalue weighted by atomic mass is 19.1. The van der Waals surface area contributed by atoms with Crippen LogP contribution in [0.1, 0.15) is 29.2 Å². The number of halogens is 1. The van der Waals surface area contributed by atoms with Crippen LogP contribution >= 0.6 is 0 Å². The molecule has 0 aromatic heterocycles. The molecule has 0 bridgehead atoms. The van der Waals surface area contributed by atoms with Crippen LogP contribution in [0.5, 0.6) is 5.75 Å². The molecule has 3 heteroatoms. The van der Waals surface area contributed by atoms with Crippen LogP contribution in [0.3, 0.4) is 0 Å². The monoisotopic (exact) mass is 258 g/mol. The average molecular weight is 258 g/mol. The van der Waals surface area contributed by atoms with Crippen molar-refractivity contribution < 1.29 is 14.2 Å². The van der Waals surface area contributed by atoms with Crippen LogP contribution in [-0.2, 0) is 13.0 Å². The first-order valence-corrected chi connectivity index (χ1v) is 6.41. The predicted molar refractivity (Wildman–Crippen MR) is 70.5 cm³/mol. The third kappa shape index (κ3) is 2.47. The summed E-state index contributed by atoms with van der Waals surface area (Å²) in [6, 6.07) is 12.1. The average Bonchev–Trinajstić information content (AvgIpc) is 2.79. The molecule has 0 aliphatic heterocycles. The summed E-state index contributed by atoms with van der Waals surface area (Å²) in [5, 5.41) is 9.82. The van der Waals surface area contributed by atoms with Crippen LogP contribution < -0.4 is 4.74 Å². The molecule has 1 aliphatic carbocycles. The Hall–Kier alpha value is -1.87. The van der Waals surface area contributed by atoms with Gasteiger partial charge in [0.05, 0.1) is 6.10 Å². The fourth-order valence-electron chi connectivity index (χ4n) is 2.52. The topological polar surface area (TPSA) is 29.5 Å². The van der Waals surface area contributed by atoms with Crippen molar-refractivity contribution in [2.75, 3.05) is 0 Å². The van der Waals surface area contributed by atoms with E-state index in [0.717, 1.165) is 35.3 Å². The van der Waals surface area contributed by atoms with Gasteiger partial charge in [0.1, 0.15) is 18.2 Å². The second-order valence-electron chi connectivity index (χ2n) is 4.80. The highest BCUT2D eigenvalue weighted by Gasteiger charge is 2.23. The number of aliphatic hydroxyl groups is 1. The third-order valence-electron chi connectivity index (χ3n) is 3.48. The van der Waals surface area contributed by atoms with Crippen LogP contribution in [0.25, 0.3) is 0 Å². The van der Waals surface area contributed by atoms with E-state index in [2.05, 4.69) is 0 Å². The van der Waals surface area contributed by atoms with Crippen LogP contribution in [-0.4, -0.2) is 5.11 Å². The maximum atomic E-state index is 13.1. The van der Waals surface area contributed by atoms with E-state index in [1.807, 2.05) is 24.3 Å². The molecular formula is C16H15FO2. The Kier molecular flexibility index (Phi) is 3.22. The van der Waals surface area contributed by atoms with Gasteiger partial charge in [-0.05, 0) is 42.2 Å². The first kappa shape index (κ1) is 12.2. The molecule has 0 amide bonds. The minimum absolute atomic E-state index is 0.255. The van der Waals surface area contributed by atoms with Gasteiger partial charge in [0.15, 0.2) is 0 Å². The summed E-state index contributed by atoms with van der Waals surface area (Å²) in [7, 11) is 0. The van der Waals surface area contributed by atoms with Crippen molar-refractivity contribution in [1.82, 2.24) is 0 Å². The lowest BCUT2D eigenvalue weighted by Crippen LogP contribution is -1.99. The van der Waals surface area contributed by atoms with Crippen molar-refractivity contribution in [3.63, 3.8) is 0 Å². The molecule has 2 aromatic carbocycles. The smallest absolute Gasteiger partial charge is 0.123 e. The number of aliphatic hydroxyl groups excluding tert-OH is 1. The van der Waals surface area contributed by atoms with Crippen molar-refractivity contribution in [2.45, 2.75) is 25.6 Å². The maximum Gasteiger partial charge on any atom is 0.123 e. The Morgan fingerprint density at radius 1 is 1.21 bits per heavy atom. The van der Waals surface area contributed by atoms with Gasteiger partial charge in [0, 0.05) is 5.56 Å². The number of benzene rings is 2. The highest BCUT2D eigenvalue weighted by Crippen LogP contribution is 2.36. The number of ether oxygens (including phenoxy) is 1. The van der Waals surface area contributed by atoms with Crippen LogP contribution in [0.15, 0.2) is 42.5 Å². The van der Waals surface area contributed by atoms with E-state index in [1.54, 1.807) is 6.07 Å². The van der Waals surface area contributed by atoms with Gasteiger partial charge < -0.3 is 9.84 Å². The van der Waals surface area contributed by atoms with Gasteiger partial charge in [0.2, 0.25) is 0 Å². The summed E-state index contributed by atoms with van der Waals surface area (Å²) >= 11 is 0. The zero-order valence-corrected chi connectivity index (χ0v) is 10.5. The molecule has 0 heterocycles. The van der Waals surface area contributed by atoms with Gasteiger partial charge in [-0.25, -0.2) is 4.39 Å². The van der Waals surface area contributed by atoms with E-state index in [0.29, 0.717) is 6.61 Å². The Morgan fingerprint density at radius 2 is 2.05 bits per heavy atom. The molecule has 1 atom stereocenters. The molecule has 19 heavy (non-hydrogen) atoms.